The molecular formula is C24H27BrN4O2. The zero-order valence-corrected chi connectivity index (χ0v) is 19.3. The second-order valence-corrected chi connectivity index (χ2v) is 8.79. The number of carbonyl (C=O) groups excluding carboxylic acids is 1. The molecule has 0 bridgehead atoms. The van der Waals surface area contributed by atoms with Crippen molar-refractivity contribution in [1.29, 1.82) is 0 Å². The van der Waals surface area contributed by atoms with Crippen molar-refractivity contribution in [1.82, 2.24) is 20.0 Å². The summed E-state index contributed by atoms with van der Waals surface area (Å²) in [5, 5.41) is 8.52. The van der Waals surface area contributed by atoms with Crippen molar-refractivity contribution in [2.75, 3.05) is 19.6 Å². The van der Waals surface area contributed by atoms with Crippen molar-refractivity contribution in [3.05, 3.63) is 70.5 Å². The molecule has 1 amide bonds. The predicted octanol–water partition coefficient (Wildman–Crippen LogP) is 5.02. The van der Waals surface area contributed by atoms with Gasteiger partial charge in [0.05, 0.1) is 6.54 Å². The summed E-state index contributed by atoms with van der Waals surface area (Å²) < 4.78 is 6.94. The molecule has 0 radical (unpaired) electrons. The summed E-state index contributed by atoms with van der Waals surface area (Å²) in [6.07, 6.45) is 2.95. The lowest BCUT2D eigenvalue weighted by molar-refractivity contribution is 0.0594. The van der Waals surface area contributed by atoms with Gasteiger partial charge in [-0.25, -0.2) is 0 Å². The molecule has 0 saturated carbocycles. The van der Waals surface area contributed by atoms with Gasteiger partial charge in [0.25, 0.3) is 5.91 Å². The van der Waals surface area contributed by atoms with Crippen molar-refractivity contribution in [3.63, 3.8) is 0 Å². The van der Waals surface area contributed by atoms with Crippen molar-refractivity contribution in [2.24, 2.45) is 0 Å². The van der Waals surface area contributed by atoms with Gasteiger partial charge in [-0.3, -0.25) is 9.69 Å². The third kappa shape index (κ3) is 5.40. The van der Waals surface area contributed by atoms with Crippen LogP contribution in [0.1, 0.15) is 42.4 Å². The fourth-order valence-electron chi connectivity index (χ4n) is 4.10. The van der Waals surface area contributed by atoms with Crippen LogP contribution in [-0.4, -0.2) is 51.6 Å². The monoisotopic (exact) mass is 482 g/mol. The van der Waals surface area contributed by atoms with Gasteiger partial charge in [-0.05, 0) is 56.1 Å². The Morgan fingerprint density at radius 2 is 1.90 bits per heavy atom. The average molecular weight is 483 g/mol. The highest BCUT2D eigenvalue weighted by Gasteiger charge is 2.28. The van der Waals surface area contributed by atoms with Crippen LogP contribution >= 0.6 is 15.9 Å². The third-order valence-electron chi connectivity index (χ3n) is 5.68. The molecular weight excluding hydrogens is 456 g/mol. The molecule has 1 aromatic heterocycles. The number of amides is 1. The number of hydrogen-bond donors (Lipinski definition) is 0. The SMILES string of the molecule is CCCN(Cc1nnc(-c2cccc(Br)c2)o1)C1CCN(C(=O)c2ccccc2)CC1. The lowest BCUT2D eigenvalue weighted by Gasteiger charge is -2.38. The topological polar surface area (TPSA) is 62.5 Å². The number of halogens is 1. The van der Waals surface area contributed by atoms with E-state index in [0.29, 0.717) is 24.4 Å². The van der Waals surface area contributed by atoms with E-state index in [-0.39, 0.29) is 5.91 Å². The highest BCUT2D eigenvalue weighted by Crippen LogP contribution is 2.24. The van der Waals surface area contributed by atoms with Gasteiger partial charge in [-0.2, -0.15) is 0 Å². The first kappa shape index (κ1) is 21.7. The number of hydrogen-bond acceptors (Lipinski definition) is 5. The molecule has 3 aromatic rings. The van der Waals surface area contributed by atoms with Crippen LogP contribution < -0.4 is 0 Å². The number of piperidine rings is 1. The number of likely N-dealkylation sites (tertiary alicyclic amines) is 1. The molecule has 6 nitrogen and oxygen atoms in total. The van der Waals surface area contributed by atoms with E-state index in [2.05, 4.69) is 38.0 Å². The summed E-state index contributed by atoms with van der Waals surface area (Å²) in [5.41, 5.74) is 1.67. The molecule has 4 rings (SSSR count). The quantitative estimate of drug-likeness (QED) is 0.473. The molecule has 2 heterocycles. The van der Waals surface area contributed by atoms with Crippen LogP contribution in [0.15, 0.2) is 63.5 Å². The van der Waals surface area contributed by atoms with E-state index >= 15 is 0 Å². The Balaban J connectivity index is 1.38. The lowest BCUT2D eigenvalue weighted by atomic mass is 10.0. The van der Waals surface area contributed by atoms with Crippen LogP contribution in [0, 0.1) is 0 Å². The van der Waals surface area contributed by atoms with E-state index in [4.69, 9.17) is 4.42 Å². The summed E-state index contributed by atoms with van der Waals surface area (Å²) >= 11 is 3.48. The molecule has 31 heavy (non-hydrogen) atoms. The van der Waals surface area contributed by atoms with E-state index in [0.717, 1.165) is 54.5 Å². The first-order chi connectivity index (χ1) is 15.1. The maximum absolute atomic E-state index is 12.7. The Kier molecular flexibility index (Phi) is 7.14. The van der Waals surface area contributed by atoms with Crippen molar-refractivity contribution in [2.45, 2.75) is 38.8 Å². The van der Waals surface area contributed by atoms with Crippen LogP contribution in [0.3, 0.4) is 0 Å². The van der Waals surface area contributed by atoms with Crippen LogP contribution in [0.25, 0.3) is 11.5 Å². The summed E-state index contributed by atoms with van der Waals surface area (Å²) in [7, 11) is 0. The molecule has 0 N–H and O–H groups in total. The Bertz CT molecular complexity index is 1000. The molecule has 0 aliphatic carbocycles. The fraction of sp³-hybridized carbons (Fsp3) is 0.375. The van der Waals surface area contributed by atoms with Gasteiger partial charge in [-0.1, -0.05) is 47.1 Å². The number of benzene rings is 2. The van der Waals surface area contributed by atoms with Gasteiger partial charge in [0.1, 0.15) is 0 Å². The molecule has 1 aliphatic heterocycles. The average Bonchev–Trinajstić information content (AvgIpc) is 3.28. The molecule has 0 unspecified atom stereocenters. The second kappa shape index (κ2) is 10.2. The van der Waals surface area contributed by atoms with Gasteiger partial charge in [0.2, 0.25) is 11.8 Å². The Morgan fingerprint density at radius 1 is 1.13 bits per heavy atom. The first-order valence-corrected chi connectivity index (χ1v) is 11.6. The summed E-state index contributed by atoms with van der Waals surface area (Å²) in [6, 6.07) is 17.8. The number of carbonyl (C=O) groups is 1. The van der Waals surface area contributed by atoms with Gasteiger partial charge >= 0.3 is 0 Å². The predicted molar refractivity (Wildman–Crippen MR) is 124 cm³/mol. The van der Waals surface area contributed by atoms with E-state index in [1.807, 2.05) is 59.5 Å². The van der Waals surface area contributed by atoms with E-state index < -0.39 is 0 Å². The Morgan fingerprint density at radius 3 is 2.61 bits per heavy atom. The van der Waals surface area contributed by atoms with E-state index in [1.165, 1.54) is 0 Å². The zero-order valence-electron chi connectivity index (χ0n) is 17.7. The lowest BCUT2D eigenvalue weighted by Crippen LogP contribution is -2.46. The minimum atomic E-state index is 0.122. The first-order valence-electron chi connectivity index (χ1n) is 10.8. The molecule has 162 valence electrons. The Hall–Kier alpha value is -2.51. The van der Waals surface area contributed by atoms with Crippen LogP contribution in [-0.2, 0) is 6.54 Å². The van der Waals surface area contributed by atoms with Crippen molar-refractivity contribution < 1.29 is 9.21 Å². The second-order valence-electron chi connectivity index (χ2n) is 7.87. The van der Waals surface area contributed by atoms with Crippen LogP contribution in [0.2, 0.25) is 0 Å². The van der Waals surface area contributed by atoms with Crippen LogP contribution in [0.5, 0.6) is 0 Å². The smallest absolute Gasteiger partial charge is 0.253 e. The summed E-state index contributed by atoms with van der Waals surface area (Å²) in [4.78, 5) is 17.1. The Labute approximate surface area is 191 Å². The van der Waals surface area contributed by atoms with Gasteiger partial charge in [0, 0.05) is 34.7 Å². The maximum Gasteiger partial charge on any atom is 0.253 e. The molecule has 0 spiro atoms. The summed E-state index contributed by atoms with van der Waals surface area (Å²) in [6.45, 7) is 5.32. The van der Waals surface area contributed by atoms with Crippen molar-refractivity contribution in [3.8, 4) is 11.5 Å². The largest absolute Gasteiger partial charge is 0.419 e. The summed E-state index contributed by atoms with van der Waals surface area (Å²) in [5.74, 6) is 1.29. The van der Waals surface area contributed by atoms with Gasteiger partial charge in [0.15, 0.2) is 0 Å². The maximum atomic E-state index is 12.7. The standard InChI is InChI=1S/C24H27BrN4O2/c1-2-13-29(17-22-26-27-23(31-22)19-9-6-10-20(25)16-19)21-11-14-28(15-12-21)24(30)18-7-4-3-5-8-18/h3-10,16,21H,2,11-15,17H2,1H3. The minimum absolute atomic E-state index is 0.122. The van der Waals surface area contributed by atoms with E-state index in [1.54, 1.807) is 0 Å². The third-order valence-corrected chi connectivity index (χ3v) is 6.17. The highest BCUT2D eigenvalue weighted by molar-refractivity contribution is 9.10. The van der Waals surface area contributed by atoms with E-state index in [9.17, 15) is 4.79 Å². The molecule has 1 saturated heterocycles. The number of nitrogens with zero attached hydrogens (tertiary/aromatic N) is 4. The molecule has 1 fully saturated rings. The minimum Gasteiger partial charge on any atom is -0.419 e. The number of aromatic nitrogens is 2. The molecule has 1 aliphatic rings. The van der Waals surface area contributed by atoms with Gasteiger partial charge < -0.3 is 9.32 Å². The van der Waals surface area contributed by atoms with Crippen molar-refractivity contribution >= 4 is 21.8 Å². The zero-order chi connectivity index (χ0) is 21.6. The molecule has 0 atom stereocenters. The number of rotatable bonds is 7. The molecule has 2 aromatic carbocycles. The molecule has 7 heteroatoms. The fourth-order valence-corrected chi connectivity index (χ4v) is 4.50. The normalized spacial score (nSPS) is 14.9. The van der Waals surface area contributed by atoms with Gasteiger partial charge in [-0.15, -0.1) is 10.2 Å². The van der Waals surface area contributed by atoms with Crippen LogP contribution in [0.4, 0.5) is 0 Å². The highest BCUT2D eigenvalue weighted by atomic mass is 79.9.